The lowest BCUT2D eigenvalue weighted by Gasteiger charge is -2.06. The molecule has 0 fully saturated rings. The highest BCUT2D eigenvalue weighted by Gasteiger charge is 2.04. The van der Waals surface area contributed by atoms with Crippen LogP contribution in [-0.2, 0) is 4.79 Å². The largest absolute Gasteiger partial charge is 0.484 e. The highest BCUT2D eigenvalue weighted by molar-refractivity contribution is 9.10. The molecule has 24 heavy (non-hydrogen) atoms. The second-order valence-electron chi connectivity index (χ2n) is 4.84. The number of non-ortho nitro benzene ring substituents is 1. The van der Waals surface area contributed by atoms with Gasteiger partial charge in [0.1, 0.15) is 5.75 Å². The van der Waals surface area contributed by atoms with E-state index in [2.05, 4.69) is 26.5 Å². The number of rotatable bonds is 6. The average molecular weight is 392 g/mol. The number of carbonyl (C=O) groups is 1. The molecule has 7 nitrogen and oxygen atoms in total. The number of benzene rings is 2. The molecule has 0 radical (unpaired) electrons. The van der Waals surface area contributed by atoms with Gasteiger partial charge in [-0.2, -0.15) is 5.10 Å². The van der Waals surface area contributed by atoms with Gasteiger partial charge in [0.15, 0.2) is 6.61 Å². The number of nitro benzene ring substituents is 1. The van der Waals surface area contributed by atoms with Crippen molar-refractivity contribution in [2.45, 2.75) is 6.92 Å². The Morgan fingerprint density at radius 2 is 2.04 bits per heavy atom. The summed E-state index contributed by atoms with van der Waals surface area (Å²) < 4.78 is 6.33. The van der Waals surface area contributed by atoms with Crippen LogP contribution in [0.3, 0.4) is 0 Å². The number of nitro groups is 1. The Morgan fingerprint density at radius 1 is 1.33 bits per heavy atom. The van der Waals surface area contributed by atoms with E-state index in [1.165, 1.54) is 30.5 Å². The Kier molecular flexibility index (Phi) is 6.02. The third-order valence-electron chi connectivity index (χ3n) is 3.01. The van der Waals surface area contributed by atoms with Gasteiger partial charge >= 0.3 is 0 Å². The summed E-state index contributed by atoms with van der Waals surface area (Å²) in [4.78, 5) is 21.7. The Morgan fingerprint density at radius 3 is 2.67 bits per heavy atom. The normalized spacial score (nSPS) is 10.6. The van der Waals surface area contributed by atoms with Crippen LogP contribution in [0.2, 0.25) is 0 Å². The van der Waals surface area contributed by atoms with Gasteiger partial charge in [-0.25, -0.2) is 5.43 Å². The second-order valence-corrected chi connectivity index (χ2v) is 5.70. The maximum absolute atomic E-state index is 11.7. The number of amides is 1. The van der Waals surface area contributed by atoms with Gasteiger partial charge in [0.2, 0.25) is 0 Å². The van der Waals surface area contributed by atoms with E-state index >= 15 is 0 Å². The number of hydrogen-bond donors (Lipinski definition) is 1. The molecule has 2 aromatic rings. The minimum atomic E-state index is -0.482. The summed E-state index contributed by atoms with van der Waals surface area (Å²) in [5.74, 6) is 0.180. The molecule has 0 bridgehead atoms. The lowest BCUT2D eigenvalue weighted by atomic mass is 10.2. The van der Waals surface area contributed by atoms with E-state index in [4.69, 9.17) is 4.74 Å². The number of ether oxygens (including phenoxy) is 1. The maximum Gasteiger partial charge on any atom is 0.277 e. The number of hydrazone groups is 1. The minimum absolute atomic E-state index is 0.00521. The first-order valence-corrected chi connectivity index (χ1v) is 7.70. The molecular weight excluding hydrogens is 378 g/mol. The Bertz CT molecular complexity index is 775. The first-order valence-electron chi connectivity index (χ1n) is 6.91. The molecule has 0 saturated heterocycles. The molecule has 0 aliphatic carbocycles. The van der Waals surface area contributed by atoms with Gasteiger partial charge in [-0.1, -0.05) is 15.9 Å². The lowest BCUT2D eigenvalue weighted by molar-refractivity contribution is -0.384. The van der Waals surface area contributed by atoms with E-state index in [1.807, 2.05) is 19.1 Å². The van der Waals surface area contributed by atoms with E-state index < -0.39 is 10.8 Å². The van der Waals surface area contributed by atoms with Crippen molar-refractivity contribution >= 4 is 33.7 Å². The summed E-state index contributed by atoms with van der Waals surface area (Å²) in [6.45, 7) is 1.75. The van der Waals surface area contributed by atoms with Crippen LogP contribution < -0.4 is 10.2 Å². The summed E-state index contributed by atoms with van der Waals surface area (Å²) in [5, 5.41) is 14.3. The monoisotopic (exact) mass is 391 g/mol. The van der Waals surface area contributed by atoms with Gasteiger partial charge in [0, 0.05) is 16.6 Å². The topological polar surface area (TPSA) is 93.8 Å². The van der Waals surface area contributed by atoms with Crippen LogP contribution in [0.4, 0.5) is 5.69 Å². The van der Waals surface area contributed by atoms with Crippen molar-refractivity contribution in [1.82, 2.24) is 5.43 Å². The van der Waals surface area contributed by atoms with E-state index in [0.29, 0.717) is 11.3 Å². The van der Waals surface area contributed by atoms with Crippen molar-refractivity contribution in [2.75, 3.05) is 6.61 Å². The molecule has 1 N–H and O–H groups in total. The highest BCUT2D eigenvalue weighted by atomic mass is 79.9. The zero-order valence-electron chi connectivity index (χ0n) is 12.7. The van der Waals surface area contributed by atoms with Crippen molar-refractivity contribution < 1.29 is 14.5 Å². The predicted octanol–water partition coefficient (Wildman–Crippen LogP) is 3.19. The van der Waals surface area contributed by atoms with E-state index in [1.54, 1.807) is 6.07 Å². The van der Waals surface area contributed by atoms with Crippen LogP contribution in [0.25, 0.3) is 0 Å². The maximum atomic E-state index is 11.7. The van der Waals surface area contributed by atoms with E-state index in [-0.39, 0.29) is 12.3 Å². The minimum Gasteiger partial charge on any atom is -0.484 e. The lowest BCUT2D eigenvalue weighted by Crippen LogP contribution is -2.24. The quantitative estimate of drug-likeness (QED) is 0.464. The van der Waals surface area contributed by atoms with Gasteiger partial charge in [-0.3, -0.25) is 14.9 Å². The summed E-state index contributed by atoms with van der Waals surface area (Å²) in [7, 11) is 0. The fourth-order valence-electron chi connectivity index (χ4n) is 1.75. The van der Waals surface area contributed by atoms with Crippen LogP contribution in [-0.4, -0.2) is 23.7 Å². The molecule has 0 aromatic heterocycles. The van der Waals surface area contributed by atoms with Crippen LogP contribution in [0.15, 0.2) is 52.0 Å². The molecule has 0 saturated carbocycles. The molecule has 0 aliphatic rings. The van der Waals surface area contributed by atoms with Crippen LogP contribution in [0, 0.1) is 17.0 Å². The van der Waals surface area contributed by atoms with Gasteiger partial charge in [0.25, 0.3) is 11.6 Å². The SMILES string of the molecule is Cc1cc(OCC(=O)N/N=C\c2ccc([N+](=O)[O-])cc2)ccc1Br. The fraction of sp³-hybridized carbons (Fsp3) is 0.125. The highest BCUT2D eigenvalue weighted by Crippen LogP contribution is 2.21. The van der Waals surface area contributed by atoms with Gasteiger partial charge in [-0.15, -0.1) is 0 Å². The summed E-state index contributed by atoms with van der Waals surface area (Å²) in [6, 6.07) is 11.2. The van der Waals surface area contributed by atoms with Crippen LogP contribution in [0.1, 0.15) is 11.1 Å². The predicted molar refractivity (Wildman–Crippen MR) is 93.2 cm³/mol. The number of nitrogens with one attached hydrogen (secondary N) is 1. The van der Waals surface area contributed by atoms with E-state index in [0.717, 1.165) is 10.0 Å². The standard InChI is InChI=1S/C16H14BrN3O4/c1-11-8-14(6-7-15(11)17)24-10-16(21)19-18-9-12-2-4-13(5-3-12)20(22)23/h2-9H,10H2,1H3,(H,19,21)/b18-9-. The van der Waals surface area contributed by atoms with Gasteiger partial charge < -0.3 is 4.74 Å². The molecule has 124 valence electrons. The Hall–Kier alpha value is -2.74. The third kappa shape index (κ3) is 5.17. The molecule has 2 rings (SSSR count). The van der Waals surface area contributed by atoms with Crippen molar-refractivity contribution in [3.8, 4) is 5.75 Å². The number of hydrogen-bond acceptors (Lipinski definition) is 5. The van der Waals surface area contributed by atoms with E-state index in [9.17, 15) is 14.9 Å². The zero-order valence-corrected chi connectivity index (χ0v) is 14.3. The molecule has 2 aromatic carbocycles. The van der Waals surface area contributed by atoms with Crippen LogP contribution >= 0.6 is 15.9 Å². The Balaban J connectivity index is 1.81. The average Bonchev–Trinajstić information content (AvgIpc) is 2.56. The van der Waals surface area contributed by atoms with Gasteiger partial charge in [0.05, 0.1) is 11.1 Å². The zero-order chi connectivity index (χ0) is 17.5. The fourth-order valence-corrected chi connectivity index (χ4v) is 2.00. The molecular formula is C16H14BrN3O4. The molecule has 8 heteroatoms. The van der Waals surface area contributed by atoms with Gasteiger partial charge in [-0.05, 0) is 48.4 Å². The number of carbonyl (C=O) groups excluding carboxylic acids is 1. The third-order valence-corrected chi connectivity index (χ3v) is 3.90. The van der Waals surface area contributed by atoms with Crippen molar-refractivity contribution in [2.24, 2.45) is 5.10 Å². The smallest absolute Gasteiger partial charge is 0.277 e. The summed E-state index contributed by atoms with van der Waals surface area (Å²) >= 11 is 3.39. The van der Waals surface area contributed by atoms with Crippen molar-refractivity contribution in [3.05, 3.63) is 68.2 Å². The summed E-state index contributed by atoms with van der Waals surface area (Å²) in [6.07, 6.45) is 1.39. The molecule has 0 aliphatic heterocycles. The first-order chi connectivity index (χ1) is 11.5. The summed E-state index contributed by atoms with van der Waals surface area (Å²) in [5.41, 5.74) is 3.96. The Labute approximate surface area is 146 Å². The molecule has 0 spiro atoms. The number of halogens is 1. The number of aryl methyl sites for hydroxylation is 1. The molecule has 0 atom stereocenters. The molecule has 0 heterocycles. The first kappa shape index (κ1) is 17.6. The number of nitrogens with zero attached hydrogens (tertiary/aromatic N) is 2. The second kappa shape index (κ2) is 8.21. The van der Waals surface area contributed by atoms with Crippen molar-refractivity contribution in [3.63, 3.8) is 0 Å². The van der Waals surface area contributed by atoms with Crippen LogP contribution in [0.5, 0.6) is 5.75 Å². The van der Waals surface area contributed by atoms with Crippen molar-refractivity contribution in [1.29, 1.82) is 0 Å². The molecule has 0 unspecified atom stereocenters. The molecule has 1 amide bonds.